The van der Waals surface area contributed by atoms with Crippen LogP contribution in [0.3, 0.4) is 0 Å². The van der Waals surface area contributed by atoms with Crippen molar-refractivity contribution in [2.75, 3.05) is 18.4 Å². The van der Waals surface area contributed by atoms with Gasteiger partial charge in [0, 0.05) is 17.8 Å². The predicted molar refractivity (Wildman–Crippen MR) is 148 cm³/mol. The third-order valence-corrected chi connectivity index (χ3v) is 7.20. The van der Waals surface area contributed by atoms with E-state index in [2.05, 4.69) is 5.32 Å². The normalized spacial score (nSPS) is 17.8. The lowest BCUT2D eigenvalue weighted by molar-refractivity contribution is -0.143. The molecule has 0 saturated carbocycles. The van der Waals surface area contributed by atoms with Gasteiger partial charge in [-0.2, -0.15) is 0 Å². The van der Waals surface area contributed by atoms with Gasteiger partial charge in [-0.05, 0) is 88.9 Å². The second-order valence-corrected chi connectivity index (χ2v) is 11.3. The van der Waals surface area contributed by atoms with Crippen molar-refractivity contribution < 1.29 is 34.2 Å². The number of nitrogens with one attached hydrogen (secondary N) is 2. The van der Waals surface area contributed by atoms with Crippen LogP contribution >= 0.6 is 0 Å². The average Bonchev–Trinajstić information content (AvgIpc) is 3.19. The molecule has 2 atom stereocenters. The lowest BCUT2D eigenvalue weighted by atomic mass is 9.81. The summed E-state index contributed by atoms with van der Waals surface area (Å²) in [5.74, 6) is -0.657. The van der Waals surface area contributed by atoms with Gasteiger partial charge in [0.05, 0.1) is 5.41 Å². The number of benzene rings is 2. The molecular formula is C29H38N4O7. The molecule has 0 radical (unpaired) electrons. The van der Waals surface area contributed by atoms with Crippen LogP contribution in [-0.4, -0.2) is 68.6 Å². The Kier molecular flexibility index (Phi) is 9.09. The van der Waals surface area contributed by atoms with E-state index < -0.39 is 34.9 Å². The van der Waals surface area contributed by atoms with Gasteiger partial charge in [-0.3, -0.25) is 24.5 Å². The van der Waals surface area contributed by atoms with Crippen molar-refractivity contribution >= 4 is 29.5 Å². The molecule has 11 heteroatoms. The zero-order chi connectivity index (χ0) is 29.8. The molecule has 0 bridgehead atoms. The third-order valence-electron chi connectivity index (χ3n) is 7.20. The lowest BCUT2D eigenvalue weighted by Gasteiger charge is -2.32. The molecule has 2 unspecified atom stereocenters. The van der Waals surface area contributed by atoms with E-state index in [1.54, 1.807) is 57.4 Å². The third kappa shape index (κ3) is 6.90. The number of aryl methyl sites for hydroxylation is 1. The zero-order valence-electron chi connectivity index (χ0n) is 23.8. The number of likely N-dealkylation sites (tertiary alicyclic amines) is 1. The molecular weight excluding hydrogens is 516 g/mol. The van der Waals surface area contributed by atoms with Gasteiger partial charge in [-0.1, -0.05) is 18.2 Å². The topological polar surface area (TPSA) is 149 Å². The first-order valence-corrected chi connectivity index (χ1v) is 13.0. The van der Waals surface area contributed by atoms with Crippen molar-refractivity contribution in [2.24, 2.45) is 0 Å². The summed E-state index contributed by atoms with van der Waals surface area (Å²) in [4.78, 5) is 51.6. The molecule has 0 spiro atoms. The van der Waals surface area contributed by atoms with E-state index in [-0.39, 0.29) is 19.1 Å². The van der Waals surface area contributed by atoms with Crippen molar-refractivity contribution in [3.05, 3.63) is 59.2 Å². The van der Waals surface area contributed by atoms with Crippen LogP contribution in [0.4, 0.5) is 10.5 Å². The molecule has 0 aliphatic carbocycles. The number of carbonyl (C=O) groups is 4. The molecule has 0 aromatic heterocycles. The Balaban J connectivity index is 1.64. The Morgan fingerprint density at radius 3 is 2.38 bits per heavy atom. The summed E-state index contributed by atoms with van der Waals surface area (Å²) in [6, 6.07) is 12.0. The highest BCUT2D eigenvalue weighted by Gasteiger charge is 2.46. The van der Waals surface area contributed by atoms with E-state index >= 15 is 0 Å². The fourth-order valence-corrected chi connectivity index (χ4v) is 4.78. The molecule has 1 heterocycles. The molecule has 1 saturated heterocycles. The maximum Gasteiger partial charge on any atom is 0.408 e. The molecule has 2 aromatic rings. The highest BCUT2D eigenvalue weighted by molar-refractivity contribution is 5.95. The Labute approximate surface area is 234 Å². The number of carbonyl (C=O) groups excluding carboxylic acids is 3. The fourth-order valence-electron chi connectivity index (χ4n) is 4.78. The van der Waals surface area contributed by atoms with E-state index in [9.17, 15) is 24.3 Å². The van der Waals surface area contributed by atoms with E-state index in [4.69, 9.17) is 9.94 Å². The number of hydrogen-bond acceptors (Lipinski definition) is 6. The Morgan fingerprint density at radius 1 is 1.15 bits per heavy atom. The molecule has 216 valence electrons. The lowest BCUT2D eigenvalue weighted by Crippen LogP contribution is -2.48. The molecule has 11 nitrogen and oxygen atoms in total. The summed E-state index contributed by atoms with van der Waals surface area (Å²) in [7, 11) is 0. The zero-order valence-corrected chi connectivity index (χ0v) is 23.8. The van der Waals surface area contributed by atoms with Crippen LogP contribution in [0.15, 0.2) is 42.5 Å². The quantitative estimate of drug-likeness (QED) is 0.273. The fraction of sp³-hybridized carbons (Fsp3) is 0.448. The van der Waals surface area contributed by atoms with Gasteiger partial charge in [0.15, 0.2) is 0 Å². The molecule has 4 amide bonds. The smallest absolute Gasteiger partial charge is 0.408 e. The van der Waals surface area contributed by atoms with Crippen LogP contribution in [0.2, 0.25) is 0 Å². The maximum atomic E-state index is 13.1. The van der Waals surface area contributed by atoms with Crippen molar-refractivity contribution in [2.45, 2.75) is 71.6 Å². The van der Waals surface area contributed by atoms with Crippen molar-refractivity contribution in [1.29, 1.82) is 0 Å². The molecule has 1 fully saturated rings. The minimum absolute atomic E-state index is 0.180. The summed E-state index contributed by atoms with van der Waals surface area (Å²) in [5, 5.41) is 21.1. The van der Waals surface area contributed by atoms with Crippen LogP contribution in [0, 0.1) is 6.92 Å². The maximum absolute atomic E-state index is 13.1. The molecule has 1 aliphatic heterocycles. The number of ether oxygens (including phenoxy) is 1. The second kappa shape index (κ2) is 12.0. The van der Waals surface area contributed by atoms with Crippen LogP contribution in [0.1, 0.15) is 57.7 Å². The van der Waals surface area contributed by atoms with Gasteiger partial charge < -0.3 is 20.1 Å². The second-order valence-electron chi connectivity index (χ2n) is 11.3. The average molecular weight is 555 g/mol. The van der Waals surface area contributed by atoms with Gasteiger partial charge >= 0.3 is 6.09 Å². The van der Waals surface area contributed by atoms with Crippen molar-refractivity contribution in [1.82, 2.24) is 15.3 Å². The first-order valence-electron chi connectivity index (χ1n) is 13.0. The van der Waals surface area contributed by atoms with Crippen molar-refractivity contribution in [3.8, 4) is 5.75 Å². The number of amides is 4. The Hall–Kier alpha value is -4.12. The summed E-state index contributed by atoms with van der Waals surface area (Å²) in [5.41, 5.74) is 3.15. The standard InChI is InChI=1S/C29H38N4O7/c1-18-13-20(15-22(14-18)30-24(34)16-33(27(37)38)28(3,4)5)17-40-23-9-7-21(8-10-23)29(6)11-12-32(26(29)36)19(2)25(35)31-39/h7-10,13-15,19,39H,11-12,16-17H2,1-6H3,(H,30,34)(H,31,35)(H,37,38). The summed E-state index contributed by atoms with van der Waals surface area (Å²) in [6.07, 6.45) is -0.633. The number of anilines is 1. The number of hydroxylamine groups is 1. The van der Waals surface area contributed by atoms with Crippen molar-refractivity contribution in [3.63, 3.8) is 0 Å². The van der Waals surface area contributed by atoms with Crippen LogP contribution in [-0.2, 0) is 26.4 Å². The number of hydrogen-bond donors (Lipinski definition) is 4. The monoisotopic (exact) mass is 554 g/mol. The number of carboxylic acid groups (broad SMARTS) is 1. The first-order chi connectivity index (χ1) is 18.6. The van der Waals surface area contributed by atoms with Gasteiger partial charge in [0.1, 0.15) is 24.9 Å². The van der Waals surface area contributed by atoms with Crippen LogP contribution < -0.4 is 15.5 Å². The van der Waals surface area contributed by atoms with Crippen LogP contribution in [0.25, 0.3) is 0 Å². The Morgan fingerprint density at radius 2 is 1.80 bits per heavy atom. The summed E-state index contributed by atoms with van der Waals surface area (Å²) in [6.45, 7) is 10.8. The molecule has 4 N–H and O–H groups in total. The molecule has 40 heavy (non-hydrogen) atoms. The van der Waals surface area contributed by atoms with Gasteiger partial charge in [-0.25, -0.2) is 10.3 Å². The van der Waals surface area contributed by atoms with E-state index in [0.29, 0.717) is 24.4 Å². The molecule has 1 aliphatic rings. The van der Waals surface area contributed by atoms with Gasteiger partial charge in [0.2, 0.25) is 11.8 Å². The summed E-state index contributed by atoms with van der Waals surface area (Å²) < 4.78 is 5.96. The summed E-state index contributed by atoms with van der Waals surface area (Å²) >= 11 is 0. The highest BCUT2D eigenvalue weighted by atomic mass is 16.5. The largest absolute Gasteiger partial charge is 0.489 e. The van der Waals surface area contributed by atoms with E-state index in [1.165, 1.54) is 4.90 Å². The minimum Gasteiger partial charge on any atom is -0.489 e. The van der Waals surface area contributed by atoms with Crippen LogP contribution in [0.5, 0.6) is 5.75 Å². The molecule has 3 rings (SSSR count). The molecule has 2 aromatic carbocycles. The SMILES string of the molecule is Cc1cc(COc2ccc(C3(C)CCN(C(C)C(=O)NO)C3=O)cc2)cc(NC(=O)CN(C(=O)O)C(C)(C)C)c1. The van der Waals surface area contributed by atoms with E-state index in [1.807, 2.05) is 32.0 Å². The van der Waals surface area contributed by atoms with Gasteiger partial charge in [-0.15, -0.1) is 0 Å². The predicted octanol–water partition coefficient (Wildman–Crippen LogP) is 3.67. The Bertz CT molecular complexity index is 1270. The first kappa shape index (κ1) is 30.4. The number of rotatable bonds is 9. The van der Waals surface area contributed by atoms with E-state index in [0.717, 1.165) is 21.6 Å². The number of nitrogens with zero attached hydrogens (tertiary/aromatic N) is 2. The highest BCUT2D eigenvalue weighted by Crippen LogP contribution is 2.37. The van der Waals surface area contributed by atoms with Gasteiger partial charge in [0.25, 0.3) is 5.91 Å². The minimum atomic E-state index is -1.17.